The van der Waals surface area contributed by atoms with Crippen molar-refractivity contribution in [1.82, 2.24) is 5.32 Å². The molecule has 0 aliphatic heterocycles. The fourth-order valence-corrected chi connectivity index (χ4v) is 1.65. The van der Waals surface area contributed by atoms with Gasteiger partial charge in [-0.2, -0.15) is 0 Å². The predicted molar refractivity (Wildman–Crippen MR) is 80.0 cm³/mol. The Balaban J connectivity index is 2.85. The number of nitrogens with one attached hydrogen (secondary N) is 1. The van der Waals surface area contributed by atoms with Crippen LogP contribution in [0.2, 0.25) is 0 Å². The molecule has 0 saturated heterocycles. The molecule has 0 spiro atoms. The maximum atomic E-state index is 10.8. The Morgan fingerprint density at radius 3 is 2.75 bits per heavy atom. The molecule has 1 rings (SSSR count). The van der Waals surface area contributed by atoms with Crippen LogP contribution in [-0.4, -0.2) is 18.1 Å². The summed E-state index contributed by atoms with van der Waals surface area (Å²) in [6, 6.07) is 4.66. The molecule has 0 aliphatic rings. The number of hydrogen-bond donors (Lipinski definition) is 1. The van der Waals surface area contributed by atoms with Crippen LogP contribution in [0.5, 0.6) is 5.75 Å². The van der Waals surface area contributed by atoms with Gasteiger partial charge in [-0.15, -0.1) is 0 Å². The molecule has 0 aliphatic carbocycles. The van der Waals surface area contributed by atoms with E-state index in [1.807, 2.05) is 6.92 Å². The van der Waals surface area contributed by atoms with E-state index < -0.39 is 4.92 Å². The van der Waals surface area contributed by atoms with Crippen LogP contribution in [0.1, 0.15) is 26.3 Å². The number of benzene rings is 1. The predicted octanol–water partition coefficient (Wildman–Crippen LogP) is 3.30. The number of ether oxygens (including phenoxy) is 1. The second kappa shape index (κ2) is 7.65. The highest BCUT2D eigenvalue weighted by molar-refractivity contribution is 5.44. The van der Waals surface area contributed by atoms with Gasteiger partial charge in [0.2, 0.25) is 0 Å². The smallest absolute Gasteiger partial charge is 0.270 e. The molecule has 0 amide bonds. The van der Waals surface area contributed by atoms with Crippen LogP contribution >= 0.6 is 0 Å². The van der Waals surface area contributed by atoms with E-state index in [0.29, 0.717) is 24.8 Å². The minimum absolute atomic E-state index is 0.0778. The van der Waals surface area contributed by atoms with Gasteiger partial charge in [0, 0.05) is 24.2 Å². The van der Waals surface area contributed by atoms with Gasteiger partial charge in [-0.25, -0.2) is 0 Å². The van der Waals surface area contributed by atoms with Crippen LogP contribution in [0, 0.1) is 16.0 Å². The molecular weight excluding hydrogens is 256 g/mol. The molecule has 0 saturated carbocycles. The minimum atomic E-state index is -0.394. The standard InChI is InChI=1S/C15H22N2O3/c1-11(2)8-16-9-13-7-14(17(18)19)5-6-15(13)20-10-12(3)4/h5-7,11,16H,3,8-10H2,1-2,4H3. The van der Waals surface area contributed by atoms with Crippen molar-refractivity contribution in [2.75, 3.05) is 13.2 Å². The van der Waals surface area contributed by atoms with Crippen LogP contribution in [0.4, 0.5) is 5.69 Å². The highest BCUT2D eigenvalue weighted by Crippen LogP contribution is 2.24. The van der Waals surface area contributed by atoms with Crippen LogP contribution in [0.25, 0.3) is 0 Å². The van der Waals surface area contributed by atoms with E-state index in [-0.39, 0.29) is 5.69 Å². The summed E-state index contributed by atoms with van der Waals surface area (Å²) in [5.74, 6) is 1.18. The van der Waals surface area contributed by atoms with E-state index >= 15 is 0 Å². The van der Waals surface area contributed by atoms with Crippen molar-refractivity contribution < 1.29 is 9.66 Å². The first-order valence-electron chi connectivity index (χ1n) is 6.65. The second-order valence-corrected chi connectivity index (χ2v) is 5.32. The van der Waals surface area contributed by atoms with E-state index in [1.54, 1.807) is 12.1 Å². The highest BCUT2D eigenvalue weighted by atomic mass is 16.6. The number of non-ortho nitro benzene ring substituents is 1. The molecule has 110 valence electrons. The average molecular weight is 278 g/mol. The van der Waals surface area contributed by atoms with Crippen LogP contribution in [-0.2, 0) is 6.54 Å². The lowest BCUT2D eigenvalue weighted by Gasteiger charge is -2.13. The van der Waals surface area contributed by atoms with Crippen molar-refractivity contribution >= 4 is 5.69 Å². The lowest BCUT2D eigenvalue weighted by Crippen LogP contribution is -2.19. The Morgan fingerprint density at radius 2 is 2.20 bits per heavy atom. The largest absolute Gasteiger partial charge is 0.489 e. The van der Waals surface area contributed by atoms with E-state index in [0.717, 1.165) is 17.7 Å². The summed E-state index contributed by atoms with van der Waals surface area (Å²) >= 11 is 0. The quantitative estimate of drug-likeness (QED) is 0.450. The molecule has 1 aromatic carbocycles. The monoisotopic (exact) mass is 278 g/mol. The summed E-state index contributed by atoms with van der Waals surface area (Å²) in [7, 11) is 0. The first-order chi connectivity index (χ1) is 9.40. The Morgan fingerprint density at radius 1 is 1.50 bits per heavy atom. The molecule has 20 heavy (non-hydrogen) atoms. The molecule has 0 aromatic heterocycles. The third-order valence-electron chi connectivity index (χ3n) is 2.60. The zero-order valence-electron chi connectivity index (χ0n) is 12.3. The first kappa shape index (κ1) is 16.2. The normalized spacial score (nSPS) is 10.6. The van der Waals surface area contributed by atoms with Crippen LogP contribution in [0.3, 0.4) is 0 Å². The summed E-state index contributed by atoms with van der Waals surface area (Å²) < 4.78 is 5.63. The van der Waals surface area contributed by atoms with Gasteiger partial charge < -0.3 is 10.1 Å². The fourth-order valence-electron chi connectivity index (χ4n) is 1.65. The number of hydrogen-bond acceptors (Lipinski definition) is 4. The zero-order chi connectivity index (χ0) is 15.1. The summed E-state index contributed by atoms with van der Waals surface area (Å²) in [6.45, 7) is 11.7. The van der Waals surface area contributed by atoms with Crippen LogP contribution in [0.15, 0.2) is 30.4 Å². The number of rotatable bonds is 8. The lowest BCUT2D eigenvalue weighted by atomic mass is 10.1. The van der Waals surface area contributed by atoms with Gasteiger partial charge in [-0.3, -0.25) is 10.1 Å². The molecule has 1 aromatic rings. The van der Waals surface area contributed by atoms with E-state index in [2.05, 4.69) is 25.7 Å². The third kappa shape index (κ3) is 5.40. The van der Waals surface area contributed by atoms with Crippen molar-refractivity contribution in [3.05, 3.63) is 46.0 Å². The van der Waals surface area contributed by atoms with E-state index in [4.69, 9.17) is 4.74 Å². The summed E-state index contributed by atoms with van der Waals surface area (Å²) in [4.78, 5) is 10.4. The van der Waals surface area contributed by atoms with Gasteiger partial charge in [0.15, 0.2) is 0 Å². The first-order valence-corrected chi connectivity index (χ1v) is 6.65. The molecule has 0 radical (unpaired) electrons. The SMILES string of the molecule is C=C(C)COc1ccc([N+](=O)[O-])cc1CNCC(C)C. The van der Waals surface area contributed by atoms with Crippen molar-refractivity contribution in [2.45, 2.75) is 27.3 Å². The Hall–Kier alpha value is -1.88. The fraction of sp³-hybridized carbons (Fsp3) is 0.467. The Labute approximate surface area is 119 Å². The van der Waals surface area contributed by atoms with Crippen molar-refractivity contribution in [3.8, 4) is 5.75 Å². The van der Waals surface area contributed by atoms with Crippen molar-refractivity contribution in [2.24, 2.45) is 5.92 Å². The van der Waals surface area contributed by atoms with Gasteiger partial charge in [-0.05, 0) is 31.0 Å². The van der Waals surface area contributed by atoms with Crippen molar-refractivity contribution in [3.63, 3.8) is 0 Å². The van der Waals surface area contributed by atoms with Crippen LogP contribution < -0.4 is 10.1 Å². The van der Waals surface area contributed by atoms with Gasteiger partial charge in [0.05, 0.1) is 4.92 Å². The average Bonchev–Trinajstić information content (AvgIpc) is 2.36. The molecule has 5 heteroatoms. The van der Waals surface area contributed by atoms with Gasteiger partial charge in [0.25, 0.3) is 5.69 Å². The molecule has 0 heterocycles. The zero-order valence-corrected chi connectivity index (χ0v) is 12.3. The summed E-state index contributed by atoms with van der Waals surface area (Å²) in [5.41, 5.74) is 1.78. The van der Waals surface area contributed by atoms with E-state index in [9.17, 15) is 10.1 Å². The number of nitro groups is 1. The van der Waals surface area contributed by atoms with Gasteiger partial charge in [0.1, 0.15) is 12.4 Å². The van der Waals surface area contributed by atoms with E-state index in [1.165, 1.54) is 6.07 Å². The minimum Gasteiger partial charge on any atom is -0.489 e. The molecule has 0 atom stereocenters. The molecular formula is C15H22N2O3. The second-order valence-electron chi connectivity index (χ2n) is 5.32. The highest BCUT2D eigenvalue weighted by Gasteiger charge is 2.12. The van der Waals surface area contributed by atoms with Gasteiger partial charge in [-0.1, -0.05) is 20.4 Å². The topological polar surface area (TPSA) is 64.4 Å². The molecule has 0 fully saturated rings. The third-order valence-corrected chi connectivity index (χ3v) is 2.60. The molecule has 1 N–H and O–H groups in total. The lowest BCUT2D eigenvalue weighted by molar-refractivity contribution is -0.384. The maximum Gasteiger partial charge on any atom is 0.270 e. The molecule has 5 nitrogen and oxygen atoms in total. The summed E-state index contributed by atoms with van der Waals surface area (Å²) in [6.07, 6.45) is 0. The Kier molecular flexibility index (Phi) is 6.18. The summed E-state index contributed by atoms with van der Waals surface area (Å²) in [5, 5.41) is 14.1. The van der Waals surface area contributed by atoms with Gasteiger partial charge >= 0.3 is 0 Å². The van der Waals surface area contributed by atoms with Crippen molar-refractivity contribution in [1.29, 1.82) is 0 Å². The maximum absolute atomic E-state index is 10.8. The molecule has 0 bridgehead atoms. The molecule has 0 unspecified atom stereocenters. The number of nitro benzene ring substituents is 1. The Bertz CT molecular complexity index is 484. The number of nitrogens with zero attached hydrogens (tertiary/aromatic N) is 1.